The average molecular weight is 514 g/mol. The SMILES string of the molecule is N#Cc1cccc(-c2cccc(-c3ccc4c(c3)Oc3ccccc3C43C4C=CC=CC4C4C=CC=CC43)c2)c1. The Morgan fingerprint density at radius 1 is 0.550 bits per heavy atom. The van der Waals surface area contributed by atoms with E-state index >= 15 is 0 Å². The lowest BCUT2D eigenvalue weighted by atomic mass is 9.59. The Bertz CT molecular complexity index is 1800. The van der Waals surface area contributed by atoms with Crippen molar-refractivity contribution in [3.63, 3.8) is 0 Å². The molecule has 0 radical (unpaired) electrons. The quantitative estimate of drug-likeness (QED) is 0.268. The van der Waals surface area contributed by atoms with Crippen LogP contribution in [0.25, 0.3) is 22.3 Å². The van der Waals surface area contributed by atoms with E-state index in [0.717, 1.165) is 33.8 Å². The zero-order valence-corrected chi connectivity index (χ0v) is 21.9. The number of fused-ring (bicyclic) bond motifs is 9. The highest BCUT2D eigenvalue weighted by molar-refractivity contribution is 5.76. The van der Waals surface area contributed by atoms with Crippen molar-refractivity contribution < 1.29 is 4.74 Å². The second kappa shape index (κ2) is 8.83. The Morgan fingerprint density at radius 2 is 1.15 bits per heavy atom. The van der Waals surface area contributed by atoms with Crippen LogP contribution in [0.3, 0.4) is 0 Å². The first-order chi connectivity index (χ1) is 19.8. The lowest BCUT2D eigenvalue weighted by Crippen LogP contribution is -2.41. The van der Waals surface area contributed by atoms with Crippen LogP contribution in [-0.2, 0) is 5.41 Å². The van der Waals surface area contributed by atoms with Crippen LogP contribution < -0.4 is 4.74 Å². The molecule has 3 aliphatic carbocycles. The zero-order chi connectivity index (χ0) is 26.7. The molecule has 4 unspecified atom stereocenters. The van der Waals surface area contributed by atoms with E-state index in [1.807, 2.05) is 18.2 Å². The Kier molecular flexibility index (Phi) is 5.09. The molecule has 1 aliphatic heterocycles. The second-order valence-electron chi connectivity index (χ2n) is 11.2. The van der Waals surface area contributed by atoms with Crippen molar-refractivity contribution in [2.75, 3.05) is 0 Å². The van der Waals surface area contributed by atoms with Crippen molar-refractivity contribution in [2.45, 2.75) is 5.41 Å². The molecule has 4 aromatic carbocycles. The summed E-state index contributed by atoms with van der Waals surface area (Å²) >= 11 is 0. The molecule has 0 N–H and O–H groups in total. The molecule has 0 amide bonds. The first-order valence-corrected chi connectivity index (χ1v) is 14.0. The first-order valence-electron chi connectivity index (χ1n) is 14.0. The number of nitriles is 1. The number of para-hydroxylation sites is 1. The highest BCUT2D eigenvalue weighted by Gasteiger charge is 2.61. The van der Waals surface area contributed by atoms with E-state index in [2.05, 4.69) is 127 Å². The van der Waals surface area contributed by atoms with Gasteiger partial charge in [-0.2, -0.15) is 5.26 Å². The summed E-state index contributed by atoms with van der Waals surface area (Å²) in [5, 5.41) is 9.38. The van der Waals surface area contributed by atoms with Gasteiger partial charge < -0.3 is 4.74 Å². The predicted molar refractivity (Wildman–Crippen MR) is 160 cm³/mol. The molecule has 1 saturated carbocycles. The number of ether oxygens (including phenoxy) is 1. The molecule has 190 valence electrons. The molecule has 1 spiro atoms. The molecule has 0 saturated heterocycles. The minimum absolute atomic E-state index is 0.208. The Morgan fingerprint density at radius 3 is 1.88 bits per heavy atom. The van der Waals surface area contributed by atoms with Crippen molar-refractivity contribution in [1.29, 1.82) is 5.26 Å². The maximum Gasteiger partial charge on any atom is 0.132 e. The van der Waals surface area contributed by atoms with Crippen LogP contribution in [0, 0.1) is 35.0 Å². The summed E-state index contributed by atoms with van der Waals surface area (Å²) in [6.07, 6.45) is 18.6. The molecule has 1 heterocycles. The number of rotatable bonds is 2. The predicted octanol–water partition coefficient (Wildman–Crippen LogP) is 9.01. The normalized spacial score (nSPS) is 26.4. The van der Waals surface area contributed by atoms with Crippen LogP contribution >= 0.6 is 0 Å². The van der Waals surface area contributed by atoms with E-state index in [4.69, 9.17) is 4.74 Å². The van der Waals surface area contributed by atoms with E-state index in [-0.39, 0.29) is 5.41 Å². The van der Waals surface area contributed by atoms with Crippen LogP contribution in [0.2, 0.25) is 0 Å². The Hall–Kier alpha value is -4.87. The number of hydrogen-bond donors (Lipinski definition) is 0. The molecule has 2 nitrogen and oxygen atoms in total. The van der Waals surface area contributed by atoms with Crippen molar-refractivity contribution in [1.82, 2.24) is 0 Å². The van der Waals surface area contributed by atoms with Gasteiger partial charge in [-0.25, -0.2) is 0 Å². The molecule has 1 fully saturated rings. The van der Waals surface area contributed by atoms with E-state index in [1.54, 1.807) is 0 Å². The highest BCUT2D eigenvalue weighted by Crippen LogP contribution is 2.66. The summed E-state index contributed by atoms with van der Waals surface area (Å²) in [5.74, 6) is 3.46. The largest absolute Gasteiger partial charge is 0.457 e. The molecule has 0 aromatic heterocycles. The molecule has 2 heteroatoms. The monoisotopic (exact) mass is 513 g/mol. The van der Waals surface area contributed by atoms with Gasteiger partial charge in [-0.15, -0.1) is 0 Å². The highest BCUT2D eigenvalue weighted by atomic mass is 16.5. The van der Waals surface area contributed by atoms with Crippen LogP contribution in [0.1, 0.15) is 16.7 Å². The fourth-order valence-corrected chi connectivity index (χ4v) is 7.77. The van der Waals surface area contributed by atoms with Crippen LogP contribution in [0.4, 0.5) is 0 Å². The topological polar surface area (TPSA) is 33.0 Å². The molecule has 4 atom stereocenters. The molecular formula is C38H27NO. The molecule has 0 bridgehead atoms. The lowest BCUT2D eigenvalue weighted by molar-refractivity contribution is 0.310. The minimum Gasteiger partial charge on any atom is -0.457 e. The summed E-state index contributed by atoms with van der Waals surface area (Å²) in [4.78, 5) is 0. The number of benzene rings is 4. The van der Waals surface area contributed by atoms with Crippen molar-refractivity contribution in [2.24, 2.45) is 23.7 Å². The lowest BCUT2D eigenvalue weighted by Gasteiger charge is -2.45. The third kappa shape index (κ3) is 3.22. The fraction of sp³-hybridized carbons (Fsp3) is 0.132. The third-order valence-corrected chi connectivity index (χ3v) is 9.35. The van der Waals surface area contributed by atoms with Gasteiger partial charge in [-0.1, -0.05) is 109 Å². The first kappa shape index (κ1) is 23.1. The summed E-state index contributed by atoms with van der Waals surface area (Å²) < 4.78 is 6.71. The van der Waals surface area contributed by atoms with Crippen molar-refractivity contribution >= 4 is 0 Å². The molecule has 40 heavy (non-hydrogen) atoms. The smallest absolute Gasteiger partial charge is 0.132 e. The van der Waals surface area contributed by atoms with Crippen molar-refractivity contribution in [3.05, 3.63) is 156 Å². The third-order valence-electron chi connectivity index (χ3n) is 9.35. The Labute approximate surface area is 234 Å². The van der Waals surface area contributed by atoms with E-state index in [1.165, 1.54) is 11.1 Å². The van der Waals surface area contributed by atoms with Gasteiger partial charge in [0.05, 0.1) is 11.6 Å². The Balaban J connectivity index is 1.30. The van der Waals surface area contributed by atoms with E-state index < -0.39 is 0 Å². The number of hydrogen-bond acceptors (Lipinski definition) is 2. The summed E-state index contributed by atoms with van der Waals surface area (Å²) in [6.45, 7) is 0. The summed E-state index contributed by atoms with van der Waals surface area (Å²) in [7, 11) is 0. The van der Waals surface area contributed by atoms with Crippen LogP contribution in [0.5, 0.6) is 11.5 Å². The molecular weight excluding hydrogens is 486 g/mol. The molecule has 4 aromatic rings. The minimum atomic E-state index is -0.208. The van der Waals surface area contributed by atoms with E-state index in [9.17, 15) is 5.26 Å². The maximum absolute atomic E-state index is 9.38. The van der Waals surface area contributed by atoms with Gasteiger partial charge >= 0.3 is 0 Å². The van der Waals surface area contributed by atoms with Gasteiger partial charge in [-0.05, 0) is 76.3 Å². The van der Waals surface area contributed by atoms with Gasteiger partial charge in [0.15, 0.2) is 0 Å². The van der Waals surface area contributed by atoms with Gasteiger partial charge in [0.2, 0.25) is 0 Å². The van der Waals surface area contributed by atoms with Gasteiger partial charge in [0.25, 0.3) is 0 Å². The van der Waals surface area contributed by atoms with Crippen LogP contribution in [0.15, 0.2) is 140 Å². The van der Waals surface area contributed by atoms with E-state index in [0.29, 0.717) is 29.2 Å². The van der Waals surface area contributed by atoms with Gasteiger partial charge in [0, 0.05) is 16.5 Å². The molecule has 4 aliphatic rings. The number of nitrogens with zero attached hydrogens (tertiary/aromatic N) is 1. The maximum atomic E-state index is 9.38. The number of allylic oxidation sites excluding steroid dienone is 8. The van der Waals surface area contributed by atoms with Crippen molar-refractivity contribution in [3.8, 4) is 39.8 Å². The summed E-state index contributed by atoms with van der Waals surface area (Å²) in [6, 6.07) is 34.0. The molecule has 8 rings (SSSR count). The fourth-order valence-electron chi connectivity index (χ4n) is 7.77. The van der Waals surface area contributed by atoms with Gasteiger partial charge in [-0.3, -0.25) is 0 Å². The van der Waals surface area contributed by atoms with Crippen LogP contribution in [-0.4, -0.2) is 0 Å². The second-order valence-corrected chi connectivity index (χ2v) is 11.2. The van der Waals surface area contributed by atoms with Gasteiger partial charge in [0.1, 0.15) is 11.5 Å². The standard InChI is InChI=1S/C38H27NO/c39-24-25-9-7-10-26(21-25)27-11-8-12-28(22-27)29-19-20-35-37(23-29)40-36-18-6-5-17-34(36)38(35)32-15-3-1-13-30(32)31-14-2-4-16-33(31)38/h1-23,30-33H. The summed E-state index contributed by atoms with van der Waals surface area (Å²) in [5.41, 5.74) is 7.40. The zero-order valence-electron chi connectivity index (χ0n) is 21.9. The average Bonchev–Trinajstić information content (AvgIpc) is 3.32.